The number of nitrogens with one attached hydrogen (secondary N) is 1. The highest BCUT2D eigenvalue weighted by Crippen LogP contribution is 2.47. The molecule has 0 radical (unpaired) electrons. The lowest BCUT2D eigenvalue weighted by Gasteiger charge is -2.44. The van der Waals surface area contributed by atoms with Crippen LogP contribution in [0.3, 0.4) is 0 Å². The molecule has 144 valence electrons. The van der Waals surface area contributed by atoms with Crippen LogP contribution in [-0.4, -0.2) is 55.5 Å². The van der Waals surface area contributed by atoms with Gasteiger partial charge in [0.05, 0.1) is 13.2 Å². The number of rotatable bonds is 2. The Hall–Kier alpha value is -1.58. The number of hydrogen-bond acceptors (Lipinski definition) is 5. The standard InChI is InChI=1S/C17H20F4N2O3/c18-16(19)17(20,21)26-14-9-12(1-2-13(14)25-16)10-23-6-3-15(4-7-23)11-24-8-5-22-15/h1-2,9,22H,3-8,10-11H2. The first kappa shape index (κ1) is 17.8. The smallest absolute Gasteiger partial charge is 0.421 e. The van der Waals surface area contributed by atoms with E-state index >= 15 is 0 Å². The van der Waals surface area contributed by atoms with Gasteiger partial charge in [-0.3, -0.25) is 4.90 Å². The summed E-state index contributed by atoms with van der Waals surface area (Å²) in [5.41, 5.74) is 0.729. The molecule has 2 saturated heterocycles. The van der Waals surface area contributed by atoms with Crippen molar-refractivity contribution < 1.29 is 31.8 Å². The number of fused-ring (bicyclic) bond motifs is 1. The highest BCUT2D eigenvalue weighted by Gasteiger charge is 2.65. The van der Waals surface area contributed by atoms with Crippen molar-refractivity contribution in [3.05, 3.63) is 23.8 Å². The van der Waals surface area contributed by atoms with E-state index in [4.69, 9.17) is 4.74 Å². The molecule has 5 nitrogen and oxygen atoms in total. The fourth-order valence-electron chi connectivity index (χ4n) is 3.64. The van der Waals surface area contributed by atoms with Crippen LogP contribution in [0.5, 0.6) is 11.5 Å². The molecule has 1 N–H and O–H groups in total. The van der Waals surface area contributed by atoms with Gasteiger partial charge in [-0.05, 0) is 30.5 Å². The van der Waals surface area contributed by atoms with E-state index in [-0.39, 0.29) is 17.0 Å². The number of morpholine rings is 1. The maximum absolute atomic E-state index is 13.3. The van der Waals surface area contributed by atoms with Crippen molar-refractivity contribution in [1.29, 1.82) is 0 Å². The summed E-state index contributed by atoms with van der Waals surface area (Å²) in [6.45, 7) is 4.47. The summed E-state index contributed by atoms with van der Waals surface area (Å²) >= 11 is 0. The van der Waals surface area contributed by atoms with Crippen molar-refractivity contribution in [1.82, 2.24) is 10.2 Å². The lowest BCUT2D eigenvalue weighted by atomic mass is 9.87. The number of nitrogens with zero attached hydrogens (tertiary/aromatic N) is 1. The Balaban J connectivity index is 1.41. The lowest BCUT2D eigenvalue weighted by Crippen LogP contribution is -2.59. The first-order valence-corrected chi connectivity index (χ1v) is 8.60. The Labute approximate surface area is 148 Å². The summed E-state index contributed by atoms with van der Waals surface area (Å²) in [6.07, 6.45) is -7.51. The van der Waals surface area contributed by atoms with Gasteiger partial charge < -0.3 is 19.5 Å². The largest absolute Gasteiger partial charge is 0.507 e. The molecular weight excluding hydrogens is 356 g/mol. The molecule has 3 aliphatic heterocycles. The molecule has 0 atom stereocenters. The summed E-state index contributed by atoms with van der Waals surface area (Å²) < 4.78 is 66.9. The summed E-state index contributed by atoms with van der Waals surface area (Å²) in [7, 11) is 0. The molecule has 9 heteroatoms. The fraction of sp³-hybridized carbons (Fsp3) is 0.647. The molecule has 3 heterocycles. The molecule has 2 fully saturated rings. The van der Waals surface area contributed by atoms with Crippen LogP contribution >= 0.6 is 0 Å². The minimum Gasteiger partial charge on any atom is -0.421 e. The molecule has 0 bridgehead atoms. The van der Waals surface area contributed by atoms with Gasteiger partial charge in [0.15, 0.2) is 11.5 Å². The highest BCUT2D eigenvalue weighted by atomic mass is 19.3. The van der Waals surface area contributed by atoms with Crippen molar-refractivity contribution in [2.24, 2.45) is 0 Å². The minimum absolute atomic E-state index is 0.0230. The Morgan fingerprint density at radius 3 is 2.35 bits per heavy atom. The Morgan fingerprint density at radius 1 is 1.00 bits per heavy atom. The zero-order valence-corrected chi connectivity index (χ0v) is 14.1. The van der Waals surface area contributed by atoms with Crippen LogP contribution in [0.25, 0.3) is 0 Å². The topological polar surface area (TPSA) is 43.0 Å². The third-order valence-corrected chi connectivity index (χ3v) is 5.17. The molecule has 0 unspecified atom stereocenters. The van der Waals surface area contributed by atoms with E-state index in [0.29, 0.717) is 18.7 Å². The van der Waals surface area contributed by atoms with Crippen molar-refractivity contribution in [2.45, 2.75) is 37.1 Å². The molecule has 1 spiro atoms. The van der Waals surface area contributed by atoms with Crippen LogP contribution < -0.4 is 14.8 Å². The SMILES string of the molecule is FC1(F)Oc2ccc(CN3CCC4(CC3)COCCN4)cc2OC1(F)F. The molecule has 0 amide bonds. The van der Waals surface area contributed by atoms with Gasteiger partial charge in [0.1, 0.15) is 0 Å². The average molecular weight is 376 g/mol. The number of alkyl halides is 4. The van der Waals surface area contributed by atoms with Gasteiger partial charge in [-0.25, -0.2) is 0 Å². The van der Waals surface area contributed by atoms with E-state index in [1.165, 1.54) is 12.1 Å². The zero-order valence-electron chi connectivity index (χ0n) is 14.1. The molecular formula is C17H20F4N2O3. The third-order valence-electron chi connectivity index (χ3n) is 5.17. The molecule has 1 aromatic rings. The van der Waals surface area contributed by atoms with Crippen LogP contribution in [0.4, 0.5) is 17.6 Å². The fourth-order valence-corrected chi connectivity index (χ4v) is 3.64. The number of hydrogen-bond donors (Lipinski definition) is 1. The Kier molecular flexibility index (Phi) is 4.28. The number of ether oxygens (including phenoxy) is 3. The van der Waals surface area contributed by atoms with Crippen LogP contribution in [0, 0.1) is 0 Å². The maximum Gasteiger partial charge on any atom is 0.507 e. The number of likely N-dealkylation sites (tertiary alicyclic amines) is 1. The van der Waals surface area contributed by atoms with E-state index < -0.39 is 12.2 Å². The van der Waals surface area contributed by atoms with Gasteiger partial charge in [0.25, 0.3) is 0 Å². The number of benzene rings is 1. The van der Waals surface area contributed by atoms with Crippen LogP contribution in [0.1, 0.15) is 18.4 Å². The van der Waals surface area contributed by atoms with Crippen molar-refractivity contribution in [2.75, 3.05) is 32.8 Å². The van der Waals surface area contributed by atoms with Gasteiger partial charge in [-0.1, -0.05) is 6.07 Å². The van der Waals surface area contributed by atoms with Crippen LogP contribution in [0.15, 0.2) is 18.2 Å². The Morgan fingerprint density at radius 2 is 1.69 bits per heavy atom. The second-order valence-electron chi connectivity index (χ2n) is 7.05. The number of piperidine rings is 1. The first-order chi connectivity index (χ1) is 12.3. The van der Waals surface area contributed by atoms with E-state index in [1.807, 2.05) is 0 Å². The van der Waals surface area contributed by atoms with Gasteiger partial charge in [-0.2, -0.15) is 17.6 Å². The summed E-state index contributed by atoms with van der Waals surface area (Å²) in [4.78, 5) is 2.19. The van der Waals surface area contributed by atoms with Crippen molar-refractivity contribution in [3.8, 4) is 11.5 Å². The van der Waals surface area contributed by atoms with Crippen LogP contribution in [-0.2, 0) is 11.3 Å². The quantitative estimate of drug-likeness (QED) is 0.804. The van der Waals surface area contributed by atoms with Crippen molar-refractivity contribution >= 4 is 0 Å². The number of halogens is 4. The summed E-state index contributed by atoms with van der Waals surface area (Å²) in [5.74, 6) is -0.750. The molecule has 4 rings (SSSR count). The predicted molar refractivity (Wildman–Crippen MR) is 83.7 cm³/mol. The van der Waals surface area contributed by atoms with Crippen molar-refractivity contribution in [3.63, 3.8) is 0 Å². The van der Waals surface area contributed by atoms with E-state index in [2.05, 4.69) is 19.7 Å². The zero-order chi connectivity index (χ0) is 18.4. The molecule has 0 aliphatic carbocycles. The molecule has 0 saturated carbocycles. The first-order valence-electron chi connectivity index (χ1n) is 8.60. The monoisotopic (exact) mass is 376 g/mol. The maximum atomic E-state index is 13.3. The van der Waals surface area contributed by atoms with Gasteiger partial charge >= 0.3 is 12.2 Å². The average Bonchev–Trinajstić information content (AvgIpc) is 2.59. The molecule has 1 aromatic carbocycles. The predicted octanol–water partition coefficient (Wildman–Crippen LogP) is 2.60. The lowest BCUT2D eigenvalue weighted by molar-refractivity contribution is -0.391. The second-order valence-corrected chi connectivity index (χ2v) is 7.05. The molecule has 0 aromatic heterocycles. The molecule has 26 heavy (non-hydrogen) atoms. The van der Waals surface area contributed by atoms with Gasteiger partial charge in [0.2, 0.25) is 0 Å². The summed E-state index contributed by atoms with van der Waals surface area (Å²) in [5, 5.41) is 3.53. The summed E-state index contributed by atoms with van der Waals surface area (Å²) in [6, 6.07) is 4.18. The van der Waals surface area contributed by atoms with Gasteiger partial charge in [-0.15, -0.1) is 0 Å². The Bertz CT molecular complexity index is 670. The van der Waals surface area contributed by atoms with E-state index in [0.717, 1.165) is 39.1 Å². The van der Waals surface area contributed by atoms with E-state index in [1.54, 1.807) is 6.07 Å². The third kappa shape index (κ3) is 3.23. The minimum atomic E-state index is -4.69. The molecule has 3 aliphatic rings. The van der Waals surface area contributed by atoms with Crippen LogP contribution in [0.2, 0.25) is 0 Å². The highest BCUT2D eigenvalue weighted by molar-refractivity contribution is 5.44. The van der Waals surface area contributed by atoms with E-state index in [9.17, 15) is 17.6 Å². The second kappa shape index (κ2) is 6.24. The van der Waals surface area contributed by atoms with Gasteiger partial charge in [0, 0.05) is 31.7 Å². The normalized spacial score (nSPS) is 26.6.